The van der Waals surface area contributed by atoms with Crippen molar-refractivity contribution in [3.8, 4) is 5.75 Å². The maximum Gasteiger partial charge on any atom is 0.247 e. The lowest BCUT2D eigenvalue weighted by molar-refractivity contribution is -0.111. The highest BCUT2D eigenvalue weighted by atomic mass is 16.5. The van der Waals surface area contributed by atoms with E-state index in [4.69, 9.17) is 14.7 Å². The van der Waals surface area contributed by atoms with E-state index < -0.39 is 0 Å². The van der Waals surface area contributed by atoms with Gasteiger partial charge in [0, 0.05) is 38.2 Å². The molecule has 1 amide bonds. The maximum atomic E-state index is 12.3. The molecule has 1 aromatic carbocycles. The first-order valence-electron chi connectivity index (χ1n) is 12.9. The van der Waals surface area contributed by atoms with Crippen molar-refractivity contribution < 1.29 is 9.53 Å². The van der Waals surface area contributed by atoms with E-state index in [2.05, 4.69) is 57.4 Å². The minimum absolute atomic E-state index is 0.204. The van der Waals surface area contributed by atoms with Crippen LogP contribution in [0.25, 0.3) is 6.08 Å². The number of rotatable bonds is 11. The highest BCUT2D eigenvalue weighted by molar-refractivity contribution is 6.02. The van der Waals surface area contributed by atoms with Gasteiger partial charge >= 0.3 is 0 Å². The Labute approximate surface area is 235 Å². The van der Waals surface area contributed by atoms with Gasteiger partial charge in [-0.3, -0.25) is 9.78 Å². The third kappa shape index (κ3) is 6.04. The van der Waals surface area contributed by atoms with E-state index in [-0.39, 0.29) is 11.3 Å². The van der Waals surface area contributed by atoms with Crippen LogP contribution in [-0.4, -0.2) is 78.6 Å². The summed E-state index contributed by atoms with van der Waals surface area (Å²) in [4.78, 5) is 36.8. The second-order valence-corrected chi connectivity index (χ2v) is 10.5. The monoisotopic (exact) mass is 543 g/mol. The molecule has 3 heterocycles. The maximum absolute atomic E-state index is 12.3. The Balaban J connectivity index is 1.68. The molecule has 4 rings (SSSR count). The van der Waals surface area contributed by atoms with E-state index in [1.54, 1.807) is 19.3 Å². The first kappa shape index (κ1) is 28.5. The molecule has 40 heavy (non-hydrogen) atoms. The molecule has 0 spiro atoms. The zero-order valence-electron chi connectivity index (χ0n) is 24.0. The normalized spacial score (nSPS) is 13.5. The number of methoxy groups -OCH3 is 1. The largest absolute Gasteiger partial charge is 0.494 e. The number of anilines is 6. The van der Waals surface area contributed by atoms with Gasteiger partial charge in [0.2, 0.25) is 17.8 Å². The summed E-state index contributed by atoms with van der Waals surface area (Å²) in [6, 6.07) is 7.64. The molecular weight excluding hydrogens is 506 g/mol. The number of benzene rings is 1. The minimum Gasteiger partial charge on any atom is -0.494 e. The van der Waals surface area contributed by atoms with Crippen LogP contribution in [0.5, 0.6) is 5.75 Å². The summed E-state index contributed by atoms with van der Waals surface area (Å²) in [5, 5.41) is 6.16. The van der Waals surface area contributed by atoms with E-state index in [9.17, 15) is 4.79 Å². The first-order valence-corrected chi connectivity index (χ1v) is 12.9. The number of hydrogen-bond acceptors (Lipinski definition) is 10. The Morgan fingerprint density at radius 3 is 2.58 bits per heavy atom. The Morgan fingerprint density at radius 2 is 1.90 bits per heavy atom. The molecule has 1 aliphatic rings. The fourth-order valence-electron chi connectivity index (χ4n) is 4.53. The van der Waals surface area contributed by atoms with E-state index in [1.807, 2.05) is 44.2 Å². The van der Waals surface area contributed by atoms with Gasteiger partial charge in [-0.25, -0.2) is 9.97 Å². The number of fused-ring (bicyclic) bond motifs is 1. The van der Waals surface area contributed by atoms with Crippen LogP contribution < -0.4 is 25.2 Å². The van der Waals surface area contributed by atoms with Crippen LogP contribution >= 0.6 is 0 Å². The summed E-state index contributed by atoms with van der Waals surface area (Å²) in [5.41, 5.74) is 4.53. The molecule has 0 saturated heterocycles. The molecule has 210 valence electrons. The van der Waals surface area contributed by atoms with Crippen molar-refractivity contribution >= 4 is 46.6 Å². The molecule has 0 atom stereocenters. The van der Waals surface area contributed by atoms with Crippen molar-refractivity contribution in [1.82, 2.24) is 24.8 Å². The molecule has 0 radical (unpaired) electrons. The van der Waals surface area contributed by atoms with Gasteiger partial charge < -0.3 is 30.1 Å². The summed E-state index contributed by atoms with van der Waals surface area (Å²) in [6.07, 6.45) is 4.45. The number of pyridine rings is 1. The standard InChI is InChI=1S/C29H37N9O2/c1-9-19-11-12-22-26(32-19)29(3,4)17-38(22)28-31-18-30-27(35-28)34-21-15-20(33-25(39)10-2)23(16-24(21)40-8)37(7)14-13-36(5)6/h9-12,15-16,18H,1-2,13-14,17H2,3-8H3,(H,33,39)(H,30,31,34,35). The SMILES string of the molecule is C=CC(=O)Nc1cc(Nc2ncnc(N3CC(C)(C)c4nc(C=C)ccc43)n2)c(OC)cc1N(C)CCN(C)C. The van der Waals surface area contributed by atoms with Crippen molar-refractivity contribution in [2.45, 2.75) is 19.3 Å². The lowest BCUT2D eigenvalue weighted by atomic mass is 9.91. The lowest BCUT2D eigenvalue weighted by Gasteiger charge is -2.26. The predicted octanol–water partition coefficient (Wildman–Crippen LogP) is 4.21. The highest BCUT2D eigenvalue weighted by Crippen LogP contribution is 2.43. The van der Waals surface area contributed by atoms with E-state index in [1.165, 1.54) is 12.4 Å². The van der Waals surface area contributed by atoms with Gasteiger partial charge in [-0.1, -0.05) is 27.0 Å². The van der Waals surface area contributed by atoms with Crippen LogP contribution in [0.15, 0.2) is 49.8 Å². The smallest absolute Gasteiger partial charge is 0.247 e. The fraction of sp³-hybridized carbons (Fsp3) is 0.345. The second kappa shape index (κ2) is 11.7. The van der Waals surface area contributed by atoms with Crippen molar-refractivity contribution in [1.29, 1.82) is 0 Å². The number of hydrogen-bond donors (Lipinski definition) is 2. The molecule has 0 bridgehead atoms. The molecule has 11 heteroatoms. The van der Waals surface area contributed by atoms with Gasteiger partial charge in [-0.05, 0) is 44.4 Å². The van der Waals surface area contributed by atoms with Crippen LogP contribution in [-0.2, 0) is 10.2 Å². The molecule has 0 unspecified atom stereocenters. The number of nitrogens with zero attached hydrogens (tertiary/aromatic N) is 7. The Bertz CT molecular complexity index is 1420. The molecule has 11 nitrogen and oxygen atoms in total. The van der Waals surface area contributed by atoms with Gasteiger partial charge in [0.25, 0.3) is 0 Å². The Hall–Kier alpha value is -4.51. The second-order valence-electron chi connectivity index (χ2n) is 10.5. The van der Waals surface area contributed by atoms with Crippen LogP contribution in [0, 0.1) is 0 Å². The number of ether oxygens (including phenoxy) is 1. The quantitative estimate of drug-likeness (QED) is 0.341. The minimum atomic E-state index is -0.315. The van der Waals surface area contributed by atoms with Crippen molar-refractivity contribution in [2.75, 3.05) is 68.3 Å². The molecule has 2 aromatic heterocycles. The third-order valence-corrected chi connectivity index (χ3v) is 6.69. The van der Waals surface area contributed by atoms with Gasteiger partial charge in [0.15, 0.2) is 0 Å². The van der Waals surface area contributed by atoms with Crippen molar-refractivity contribution in [3.63, 3.8) is 0 Å². The number of nitrogens with one attached hydrogen (secondary N) is 2. The van der Waals surface area contributed by atoms with E-state index in [0.29, 0.717) is 35.6 Å². The van der Waals surface area contributed by atoms with Crippen LogP contribution in [0.3, 0.4) is 0 Å². The number of likely N-dealkylation sites (N-methyl/N-ethyl adjacent to an activating group) is 2. The molecule has 0 aliphatic carbocycles. The van der Waals surface area contributed by atoms with Crippen LogP contribution in [0.2, 0.25) is 0 Å². The molecule has 2 N–H and O–H groups in total. The summed E-state index contributed by atoms with van der Waals surface area (Å²) >= 11 is 0. The molecule has 0 fully saturated rings. The molecular formula is C29H37N9O2. The number of aromatic nitrogens is 4. The first-order chi connectivity index (χ1) is 19.1. The Kier molecular flexibility index (Phi) is 8.34. The summed E-state index contributed by atoms with van der Waals surface area (Å²) in [5.74, 6) is 1.08. The number of amides is 1. The predicted molar refractivity (Wildman–Crippen MR) is 161 cm³/mol. The summed E-state index contributed by atoms with van der Waals surface area (Å²) in [7, 11) is 7.59. The van der Waals surface area contributed by atoms with Gasteiger partial charge in [-0.15, -0.1) is 0 Å². The third-order valence-electron chi connectivity index (χ3n) is 6.69. The molecule has 3 aromatic rings. The van der Waals surface area contributed by atoms with E-state index >= 15 is 0 Å². The fourth-order valence-corrected chi connectivity index (χ4v) is 4.53. The lowest BCUT2D eigenvalue weighted by Crippen LogP contribution is -2.29. The zero-order chi connectivity index (χ0) is 29.0. The van der Waals surface area contributed by atoms with E-state index in [0.717, 1.165) is 35.9 Å². The van der Waals surface area contributed by atoms with Crippen molar-refractivity contribution in [2.24, 2.45) is 0 Å². The zero-order valence-corrected chi connectivity index (χ0v) is 24.0. The van der Waals surface area contributed by atoms with Crippen LogP contribution in [0.4, 0.5) is 34.6 Å². The van der Waals surface area contributed by atoms with Gasteiger partial charge in [0.05, 0.1) is 41.2 Å². The average molecular weight is 544 g/mol. The van der Waals surface area contributed by atoms with Gasteiger partial charge in [0.1, 0.15) is 12.1 Å². The number of carbonyl (C=O) groups excluding carboxylic acids is 1. The van der Waals surface area contributed by atoms with Crippen molar-refractivity contribution in [3.05, 3.63) is 61.2 Å². The average Bonchev–Trinajstić information content (AvgIpc) is 3.21. The molecule has 0 saturated carbocycles. The molecule has 1 aliphatic heterocycles. The summed E-state index contributed by atoms with van der Waals surface area (Å²) in [6.45, 7) is 14.0. The highest BCUT2D eigenvalue weighted by Gasteiger charge is 2.38. The topological polar surface area (TPSA) is 112 Å². The summed E-state index contributed by atoms with van der Waals surface area (Å²) < 4.78 is 5.72. The van der Waals surface area contributed by atoms with Gasteiger partial charge in [-0.2, -0.15) is 4.98 Å². The Morgan fingerprint density at radius 1 is 1.12 bits per heavy atom. The number of carbonyl (C=O) groups is 1. The van der Waals surface area contributed by atoms with Crippen LogP contribution in [0.1, 0.15) is 25.2 Å².